The Hall–Kier alpha value is -1.13. The van der Waals surface area contributed by atoms with Crippen LogP contribution in [0.3, 0.4) is 0 Å². The van der Waals surface area contributed by atoms with Gasteiger partial charge in [-0.3, -0.25) is 4.79 Å². The molecule has 2 N–H and O–H groups in total. The van der Waals surface area contributed by atoms with Crippen LogP contribution in [-0.4, -0.2) is 59.3 Å². The molecule has 10 heteroatoms. The maximum atomic E-state index is 12.2. The standard InChI is InChI=1S/C11H16BrF3N4O2/c1-18(2)3-4-19-10(21)9(12)7(5-17-19)16-6-8(20)11(13,14)15/h5,8,16,20H,3-4,6H2,1-2H3. The van der Waals surface area contributed by atoms with Gasteiger partial charge in [-0.1, -0.05) is 0 Å². The highest BCUT2D eigenvalue weighted by atomic mass is 79.9. The molecule has 0 amide bonds. The zero-order valence-corrected chi connectivity index (χ0v) is 13.1. The Labute approximate surface area is 127 Å². The van der Waals surface area contributed by atoms with Gasteiger partial charge in [-0.2, -0.15) is 18.3 Å². The number of halogens is 4. The number of hydrogen-bond donors (Lipinski definition) is 2. The number of alkyl halides is 3. The van der Waals surface area contributed by atoms with E-state index < -0.39 is 24.4 Å². The van der Waals surface area contributed by atoms with Crippen molar-refractivity contribution in [3.8, 4) is 0 Å². The molecule has 0 spiro atoms. The number of rotatable bonds is 6. The van der Waals surface area contributed by atoms with Crippen molar-refractivity contribution in [1.82, 2.24) is 14.7 Å². The third-order valence-electron chi connectivity index (χ3n) is 2.61. The number of nitrogens with zero attached hydrogens (tertiary/aromatic N) is 3. The van der Waals surface area contributed by atoms with Crippen LogP contribution >= 0.6 is 15.9 Å². The van der Waals surface area contributed by atoms with E-state index in [0.29, 0.717) is 13.1 Å². The van der Waals surface area contributed by atoms with Crippen LogP contribution in [0.5, 0.6) is 0 Å². The molecule has 6 nitrogen and oxygen atoms in total. The zero-order valence-electron chi connectivity index (χ0n) is 11.5. The Kier molecular flexibility index (Phi) is 6.17. The molecule has 1 atom stereocenters. The minimum Gasteiger partial charge on any atom is -0.382 e. The topological polar surface area (TPSA) is 70.4 Å². The highest BCUT2D eigenvalue weighted by molar-refractivity contribution is 9.10. The molecule has 0 saturated heterocycles. The van der Waals surface area contributed by atoms with Gasteiger partial charge in [0, 0.05) is 13.1 Å². The lowest BCUT2D eigenvalue weighted by Crippen LogP contribution is -2.35. The Balaban J connectivity index is 2.78. The first-order chi connectivity index (χ1) is 9.62. The molecule has 0 bridgehead atoms. The molecule has 0 aromatic carbocycles. The summed E-state index contributed by atoms with van der Waals surface area (Å²) in [5.41, 5.74) is -0.354. The molecule has 1 aromatic rings. The molecule has 1 rings (SSSR count). The molecular formula is C11H16BrF3N4O2. The molecule has 1 unspecified atom stereocenters. The van der Waals surface area contributed by atoms with Crippen molar-refractivity contribution >= 4 is 21.6 Å². The Bertz CT molecular complexity index is 533. The lowest BCUT2D eigenvalue weighted by molar-refractivity contribution is -0.198. The van der Waals surface area contributed by atoms with Crippen molar-refractivity contribution < 1.29 is 18.3 Å². The van der Waals surface area contributed by atoms with Gasteiger partial charge < -0.3 is 15.3 Å². The summed E-state index contributed by atoms with van der Waals surface area (Å²) in [5.74, 6) is 0. The smallest absolute Gasteiger partial charge is 0.382 e. The molecule has 0 aliphatic carbocycles. The zero-order chi connectivity index (χ0) is 16.2. The van der Waals surface area contributed by atoms with Crippen LogP contribution in [0, 0.1) is 0 Å². The number of likely N-dealkylation sites (N-methyl/N-ethyl adjacent to an activating group) is 1. The molecule has 120 valence electrons. The molecule has 21 heavy (non-hydrogen) atoms. The summed E-state index contributed by atoms with van der Waals surface area (Å²) in [6.07, 6.45) is -5.99. The largest absolute Gasteiger partial charge is 0.416 e. The van der Waals surface area contributed by atoms with Gasteiger partial charge >= 0.3 is 6.18 Å². The molecule has 0 fully saturated rings. The van der Waals surface area contributed by atoms with Gasteiger partial charge in [0.1, 0.15) is 4.47 Å². The van der Waals surface area contributed by atoms with Crippen molar-refractivity contribution in [3.05, 3.63) is 21.0 Å². The van der Waals surface area contributed by atoms with Crippen LogP contribution in [0.25, 0.3) is 0 Å². The fraction of sp³-hybridized carbons (Fsp3) is 0.636. The monoisotopic (exact) mass is 372 g/mol. The SMILES string of the molecule is CN(C)CCn1ncc(NCC(O)C(F)(F)F)c(Br)c1=O. The van der Waals surface area contributed by atoms with E-state index in [0.717, 1.165) is 0 Å². The van der Waals surface area contributed by atoms with Crippen molar-refractivity contribution in [2.45, 2.75) is 18.8 Å². The summed E-state index contributed by atoms with van der Waals surface area (Å²) in [7, 11) is 3.68. The van der Waals surface area contributed by atoms with E-state index in [9.17, 15) is 18.0 Å². The number of aromatic nitrogens is 2. The minimum atomic E-state index is -4.71. The van der Waals surface area contributed by atoms with Gasteiger partial charge in [0.2, 0.25) is 0 Å². The first-order valence-corrected chi connectivity index (χ1v) is 6.81. The summed E-state index contributed by atoms with van der Waals surface area (Å²) >= 11 is 3.03. The Morgan fingerprint density at radius 2 is 2.14 bits per heavy atom. The van der Waals surface area contributed by atoms with Gasteiger partial charge in [-0.05, 0) is 30.0 Å². The molecule has 0 aliphatic heterocycles. The van der Waals surface area contributed by atoms with E-state index in [-0.39, 0.29) is 10.2 Å². The Morgan fingerprint density at radius 1 is 1.52 bits per heavy atom. The fourth-order valence-corrected chi connectivity index (χ4v) is 1.81. The van der Waals surface area contributed by atoms with E-state index >= 15 is 0 Å². The maximum Gasteiger partial charge on any atom is 0.416 e. The summed E-state index contributed by atoms with van der Waals surface area (Å²) in [4.78, 5) is 13.8. The van der Waals surface area contributed by atoms with E-state index in [1.165, 1.54) is 10.9 Å². The first kappa shape index (κ1) is 17.9. The van der Waals surface area contributed by atoms with Crippen LogP contribution in [0.1, 0.15) is 0 Å². The van der Waals surface area contributed by atoms with Crippen LogP contribution in [0.4, 0.5) is 18.9 Å². The van der Waals surface area contributed by atoms with Crippen LogP contribution < -0.4 is 10.9 Å². The van der Waals surface area contributed by atoms with Gasteiger partial charge in [0.15, 0.2) is 6.10 Å². The minimum absolute atomic E-state index is 0.0747. The quantitative estimate of drug-likeness (QED) is 0.776. The third kappa shape index (κ3) is 5.29. The van der Waals surface area contributed by atoms with Crippen molar-refractivity contribution in [2.75, 3.05) is 32.5 Å². The first-order valence-electron chi connectivity index (χ1n) is 6.02. The highest BCUT2D eigenvalue weighted by Crippen LogP contribution is 2.22. The van der Waals surface area contributed by atoms with Crippen molar-refractivity contribution in [3.63, 3.8) is 0 Å². The summed E-state index contributed by atoms with van der Waals surface area (Å²) in [6, 6.07) is 0. The van der Waals surface area contributed by atoms with Crippen LogP contribution in [0.2, 0.25) is 0 Å². The number of anilines is 1. The van der Waals surface area contributed by atoms with E-state index in [4.69, 9.17) is 5.11 Å². The fourth-order valence-electron chi connectivity index (χ4n) is 1.36. The van der Waals surface area contributed by atoms with Crippen molar-refractivity contribution in [1.29, 1.82) is 0 Å². The summed E-state index contributed by atoms with van der Waals surface area (Å²) in [6.45, 7) is 0.194. The van der Waals surface area contributed by atoms with Gasteiger partial charge in [-0.15, -0.1) is 0 Å². The predicted molar refractivity (Wildman–Crippen MR) is 75.3 cm³/mol. The lowest BCUT2D eigenvalue weighted by atomic mass is 10.3. The molecule has 0 saturated carbocycles. The molecule has 0 radical (unpaired) electrons. The maximum absolute atomic E-state index is 12.2. The molecule has 1 aromatic heterocycles. The van der Waals surface area contributed by atoms with Crippen LogP contribution in [-0.2, 0) is 6.54 Å². The molecule has 1 heterocycles. The Morgan fingerprint density at radius 3 is 2.67 bits per heavy atom. The van der Waals surface area contributed by atoms with Gasteiger partial charge in [0.25, 0.3) is 5.56 Å². The van der Waals surface area contributed by atoms with E-state index in [1.807, 2.05) is 19.0 Å². The second-order valence-electron chi connectivity index (χ2n) is 4.64. The average Bonchev–Trinajstić information content (AvgIpc) is 2.37. The molecule has 0 aliphatic rings. The van der Waals surface area contributed by atoms with Gasteiger partial charge in [0.05, 0.1) is 18.4 Å². The predicted octanol–water partition coefficient (Wildman–Crippen LogP) is 0.902. The second-order valence-corrected chi connectivity index (χ2v) is 5.44. The third-order valence-corrected chi connectivity index (χ3v) is 3.37. The summed E-state index contributed by atoms with van der Waals surface area (Å²) in [5, 5.41) is 15.1. The normalized spacial score (nSPS) is 13.5. The number of aliphatic hydroxyl groups excluding tert-OH is 1. The lowest BCUT2D eigenvalue weighted by Gasteiger charge is -2.16. The van der Waals surface area contributed by atoms with E-state index in [1.54, 1.807) is 0 Å². The van der Waals surface area contributed by atoms with Crippen molar-refractivity contribution in [2.24, 2.45) is 0 Å². The number of nitrogens with one attached hydrogen (secondary N) is 1. The van der Waals surface area contributed by atoms with E-state index in [2.05, 4.69) is 26.3 Å². The number of hydrogen-bond acceptors (Lipinski definition) is 5. The molecular weight excluding hydrogens is 357 g/mol. The second kappa shape index (κ2) is 7.23. The summed E-state index contributed by atoms with van der Waals surface area (Å²) < 4.78 is 37.8. The van der Waals surface area contributed by atoms with Gasteiger partial charge in [-0.25, -0.2) is 4.68 Å². The number of aliphatic hydroxyl groups is 1. The average molecular weight is 373 g/mol. The van der Waals surface area contributed by atoms with Crippen LogP contribution in [0.15, 0.2) is 15.5 Å². The highest BCUT2D eigenvalue weighted by Gasteiger charge is 2.37.